The van der Waals surface area contributed by atoms with Gasteiger partial charge >= 0.3 is 12.1 Å². The molecule has 0 saturated carbocycles. The Bertz CT molecular complexity index is 761. The number of carbonyl (C=O) groups is 1. The van der Waals surface area contributed by atoms with Gasteiger partial charge in [0.15, 0.2) is 6.23 Å². The second-order valence-corrected chi connectivity index (χ2v) is 7.00. The van der Waals surface area contributed by atoms with Crippen molar-refractivity contribution in [1.29, 1.82) is 0 Å². The van der Waals surface area contributed by atoms with Crippen LogP contribution in [0.2, 0.25) is 0 Å². The molecular weight excluding hydrogens is 383 g/mol. The molecule has 158 valence electrons. The minimum atomic E-state index is -5.04. The molecule has 0 aliphatic heterocycles. The van der Waals surface area contributed by atoms with Gasteiger partial charge in [0, 0.05) is 0 Å². The highest BCUT2D eigenvalue weighted by Crippen LogP contribution is 2.25. The van der Waals surface area contributed by atoms with Crippen LogP contribution < -0.4 is 4.74 Å². The number of halogens is 3. The van der Waals surface area contributed by atoms with Gasteiger partial charge in [0.2, 0.25) is 0 Å². The molecule has 2 aromatic rings. The van der Waals surface area contributed by atoms with Crippen LogP contribution in [-0.2, 0) is 16.0 Å². The molecule has 2 atom stereocenters. The normalized spacial score (nSPS) is 13.8. The van der Waals surface area contributed by atoms with Crippen molar-refractivity contribution in [3.63, 3.8) is 0 Å². The van der Waals surface area contributed by atoms with E-state index in [1.807, 2.05) is 30.3 Å². The molecule has 0 N–H and O–H groups in total. The van der Waals surface area contributed by atoms with E-state index < -0.39 is 18.4 Å². The predicted octanol–water partition coefficient (Wildman–Crippen LogP) is 4.79. The molecule has 0 saturated heterocycles. The molecular formula is C22H26F3NO3. The van der Waals surface area contributed by atoms with Crippen molar-refractivity contribution in [3.05, 3.63) is 65.7 Å². The zero-order valence-corrected chi connectivity index (χ0v) is 16.8. The average Bonchev–Trinajstić information content (AvgIpc) is 2.69. The monoisotopic (exact) mass is 409 g/mol. The van der Waals surface area contributed by atoms with Crippen LogP contribution in [0.4, 0.5) is 13.2 Å². The van der Waals surface area contributed by atoms with Crippen LogP contribution in [0.25, 0.3) is 0 Å². The molecule has 7 heteroatoms. The van der Waals surface area contributed by atoms with Crippen LogP contribution in [-0.4, -0.2) is 44.0 Å². The molecule has 0 radical (unpaired) electrons. The molecule has 0 aromatic heterocycles. The zero-order valence-electron chi connectivity index (χ0n) is 16.8. The summed E-state index contributed by atoms with van der Waals surface area (Å²) in [6.07, 6.45) is -4.29. The fourth-order valence-electron chi connectivity index (χ4n) is 2.88. The van der Waals surface area contributed by atoms with Crippen molar-refractivity contribution < 1.29 is 27.4 Å². The first-order valence-electron chi connectivity index (χ1n) is 9.41. The Kier molecular flexibility index (Phi) is 8.08. The number of hydrogen-bond acceptors (Lipinski definition) is 4. The molecule has 2 rings (SSSR count). The maximum Gasteiger partial charge on any atom is 0.490 e. The molecule has 2 unspecified atom stereocenters. The number of rotatable bonds is 9. The first-order chi connectivity index (χ1) is 13.7. The molecule has 0 aliphatic rings. The lowest BCUT2D eigenvalue weighted by atomic mass is 9.90. The summed E-state index contributed by atoms with van der Waals surface area (Å²) < 4.78 is 47.2. The number of nitrogens with zero attached hydrogens (tertiary/aromatic N) is 1. The number of likely N-dealkylation sites (N-methyl/N-ethyl adjacent to an activating group) is 1. The summed E-state index contributed by atoms with van der Waals surface area (Å²) in [5.41, 5.74) is 2.43. The van der Waals surface area contributed by atoms with Crippen LogP contribution in [0, 0.1) is 0 Å². The van der Waals surface area contributed by atoms with E-state index in [4.69, 9.17) is 4.74 Å². The second-order valence-electron chi connectivity index (χ2n) is 7.00. The summed E-state index contributed by atoms with van der Waals surface area (Å²) in [5.74, 6) is -1.33. The number of carbonyl (C=O) groups excluding carboxylic acids is 1. The van der Waals surface area contributed by atoms with Crippen LogP contribution in [0.15, 0.2) is 54.6 Å². The van der Waals surface area contributed by atoms with Gasteiger partial charge in [0.05, 0.1) is 0 Å². The van der Waals surface area contributed by atoms with Gasteiger partial charge in [-0.2, -0.15) is 13.2 Å². The van der Waals surface area contributed by atoms with E-state index in [0.717, 1.165) is 18.4 Å². The average molecular weight is 409 g/mol. The Labute approximate surface area is 169 Å². The Hall–Kier alpha value is -2.54. The third-order valence-electron chi connectivity index (χ3n) is 4.61. The van der Waals surface area contributed by atoms with Crippen molar-refractivity contribution in [2.75, 3.05) is 20.7 Å². The summed E-state index contributed by atoms with van der Waals surface area (Å²) in [7, 11) is 3.02. The lowest BCUT2D eigenvalue weighted by molar-refractivity contribution is -0.213. The zero-order chi connectivity index (χ0) is 21.4. The molecule has 2 aromatic carbocycles. The Morgan fingerprint density at radius 2 is 1.66 bits per heavy atom. The van der Waals surface area contributed by atoms with E-state index in [0.29, 0.717) is 11.7 Å². The van der Waals surface area contributed by atoms with Gasteiger partial charge in [-0.15, -0.1) is 0 Å². The van der Waals surface area contributed by atoms with E-state index in [2.05, 4.69) is 23.8 Å². The number of esters is 1. The van der Waals surface area contributed by atoms with Gasteiger partial charge in [0.25, 0.3) is 0 Å². The molecule has 0 amide bonds. The van der Waals surface area contributed by atoms with Crippen molar-refractivity contribution in [1.82, 2.24) is 4.90 Å². The fourth-order valence-corrected chi connectivity index (χ4v) is 2.88. The van der Waals surface area contributed by atoms with E-state index >= 15 is 0 Å². The lowest BCUT2D eigenvalue weighted by Gasteiger charge is -2.24. The summed E-state index contributed by atoms with van der Waals surface area (Å²) >= 11 is 0. The number of benzene rings is 2. The van der Waals surface area contributed by atoms with Gasteiger partial charge in [-0.05, 0) is 56.1 Å². The van der Waals surface area contributed by atoms with Crippen molar-refractivity contribution >= 4 is 5.97 Å². The number of alkyl halides is 3. The Balaban J connectivity index is 1.94. The highest BCUT2D eigenvalue weighted by Gasteiger charge is 2.42. The van der Waals surface area contributed by atoms with E-state index in [-0.39, 0.29) is 6.61 Å². The summed E-state index contributed by atoms with van der Waals surface area (Å²) in [6.45, 7) is 1.94. The summed E-state index contributed by atoms with van der Waals surface area (Å²) in [4.78, 5) is 12.4. The summed E-state index contributed by atoms with van der Waals surface area (Å²) in [6, 6.07) is 17.7. The van der Waals surface area contributed by atoms with Gasteiger partial charge in [-0.3, -0.25) is 4.90 Å². The SMILES string of the molecule is CCC(Cc1ccc(OCC(OC(=O)C(F)(F)F)N(C)C)cc1)c1ccccc1. The third-order valence-corrected chi connectivity index (χ3v) is 4.61. The van der Waals surface area contributed by atoms with Crippen molar-refractivity contribution in [2.24, 2.45) is 0 Å². The second kappa shape index (κ2) is 10.3. The standard InChI is InChI=1S/C22H26F3NO3/c1-4-17(18-8-6-5-7-9-18)14-16-10-12-19(13-11-16)28-15-20(26(2)3)29-21(27)22(23,24)25/h5-13,17,20H,4,14-15H2,1-3H3. The highest BCUT2D eigenvalue weighted by molar-refractivity contribution is 5.75. The topological polar surface area (TPSA) is 38.8 Å². The van der Waals surface area contributed by atoms with E-state index in [1.165, 1.54) is 24.6 Å². The van der Waals surface area contributed by atoms with Crippen LogP contribution in [0.5, 0.6) is 5.75 Å². The van der Waals surface area contributed by atoms with Crippen LogP contribution in [0.1, 0.15) is 30.4 Å². The van der Waals surface area contributed by atoms with E-state index in [9.17, 15) is 18.0 Å². The number of hydrogen-bond donors (Lipinski definition) is 0. The molecule has 0 aliphatic carbocycles. The Morgan fingerprint density at radius 1 is 1.03 bits per heavy atom. The van der Waals surface area contributed by atoms with Crippen LogP contribution >= 0.6 is 0 Å². The third kappa shape index (κ3) is 7.09. The molecule has 4 nitrogen and oxygen atoms in total. The van der Waals surface area contributed by atoms with Gasteiger partial charge in [-0.25, -0.2) is 4.79 Å². The Morgan fingerprint density at radius 3 is 2.17 bits per heavy atom. The highest BCUT2D eigenvalue weighted by atomic mass is 19.4. The fraction of sp³-hybridized carbons (Fsp3) is 0.409. The summed E-state index contributed by atoms with van der Waals surface area (Å²) in [5, 5.41) is 0. The maximum atomic E-state index is 12.4. The van der Waals surface area contributed by atoms with Gasteiger partial charge in [-0.1, -0.05) is 49.4 Å². The van der Waals surface area contributed by atoms with E-state index in [1.54, 1.807) is 12.1 Å². The molecule has 0 bridgehead atoms. The van der Waals surface area contributed by atoms with Crippen molar-refractivity contribution in [2.45, 2.75) is 38.1 Å². The first kappa shape index (κ1) is 22.7. The van der Waals surface area contributed by atoms with Crippen molar-refractivity contribution in [3.8, 4) is 5.75 Å². The molecule has 29 heavy (non-hydrogen) atoms. The molecule has 0 fully saturated rings. The largest absolute Gasteiger partial charge is 0.490 e. The molecule has 0 heterocycles. The predicted molar refractivity (Wildman–Crippen MR) is 105 cm³/mol. The van der Waals surface area contributed by atoms with Gasteiger partial charge in [0.1, 0.15) is 12.4 Å². The van der Waals surface area contributed by atoms with Crippen LogP contribution in [0.3, 0.4) is 0 Å². The number of ether oxygens (including phenoxy) is 2. The maximum absolute atomic E-state index is 12.4. The smallest absolute Gasteiger partial charge is 0.488 e. The molecule has 0 spiro atoms. The lowest BCUT2D eigenvalue weighted by Crippen LogP contribution is -2.41. The first-order valence-corrected chi connectivity index (χ1v) is 9.41. The van der Waals surface area contributed by atoms with Gasteiger partial charge < -0.3 is 9.47 Å². The minimum absolute atomic E-state index is 0.213. The quantitative estimate of drug-likeness (QED) is 0.441. The minimum Gasteiger partial charge on any atom is -0.488 e.